The first-order valence-corrected chi connectivity index (χ1v) is 12.3. The van der Waals surface area contributed by atoms with Crippen LogP contribution in [0.4, 0.5) is 18.9 Å². The van der Waals surface area contributed by atoms with E-state index >= 15 is 0 Å². The molecule has 0 radical (unpaired) electrons. The van der Waals surface area contributed by atoms with Crippen molar-refractivity contribution < 1.29 is 18.0 Å². The molecule has 1 aliphatic heterocycles. The van der Waals surface area contributed by atoms with E-state index < -0.39 is 17.6 Å². The largest absolute Gasteiger partial charge is 0.416 e. The van der Waals surface area contributed by atoms with Crippen LogP contribution < -0.4 is 5.32 Å². The molecule has 0 fully saturated rings. The minimum absolute atomic E-state index is 0.0573. The van der Waals surface area contributed by atoms with Gasteiger partial charge in [0.15, 0.2) is 0 Å². The summed E-state index contributed by atoms with van der Waals surface area (Å²) in [5.41, 5.74) is 4.13. The third-order valence-corrected chi connectivity index (χ3v) is 6.88. The standard InChI is InChI=1S/C27H27F3N8O/c1-16-25(38-15-24(34-35-38)23-14-32-37(4)17(23)2)11-20(13-31-16)26(39)33-22-10-19(9-21(12-22)27(28,29)30)18-5-7-36(3)8-6-18/h5,9-15H,6-8H2,1-4H3,(H,33,39). The number of aryl methyl sites for hydroxylation is 2. The molecule has 9 nitrogen and oxygen atoms in total. The molecule has 4 heterocycles. The number of hydrogen-bond donors (Lipinski definition) is 1. The van der Waals surface area contributed by atoms with Crippen LogP contribution in [-0.2, 0) is 13.2 Å². The van der Waals surface area contributed by atoms with E-state index in [0.29, 0.717) is 35.6 Å². The van der Waals surface area contributed by atoms with Crippen LogP contribution in [0.15, 0.2) is 48.9 Å². The Labute approximate surface area is 223 Å². The zero-order valence-corrected chi connectivity index (χ0v) is 21.9. The van der Waals surface area contributed by atoms with Gasteiger partial charge in [-0.1, -0.05) is 11.3 Å². The summed E-state index contributed by atoms with van der Waals surface area (Å²) in [7, 11) is 3.78. The van der Waals surface area contributed by atoms with Crippen molar-refractivity contribution in [3.8, 4) is 16.9 Å². The number of halogens is 3. The quantitative estimate of drug-likeness (QED) is 0.399. The molecule has 39 heavy (non-hydrogen) atoms. The summed E-state index contributed by atoms with van der Waals surface area (Å²) in [6.07, 6.45) is 2.77. The third kappa shape index (κ3) is 5.46. The van der Waals surface area contributed by atoms with E-state index in [4.69, 9.17) is 0 Å². The monoisotopic (exact) mass is 536 g/mol. The number of benzene rings is 1. The van der Waals surface area contributed by atoms with Crippen LogP contribution in [0, 0.1) is 13.8 Å². The maximum atomic E-state index is 13.7. The highest BCUT2D eigenvalue weighted by Crippen LogP contribution is 2.35. The van der Waals surface area contributed by atoms with Crippen molar-refractivity contribution >= 4 is 17.2 Å². The molecule has 4 aromatic rings. The summed E-state index contributed by atoms with van der Waals surface area (Å²) in [5.74, 6) is -0.588. The number of alkyl halides is 3. The highest BCUT2D eigenvalue weighted by atomic mass is 19.4. The fourth-order valence-electron chi connectivity index (χ4n) is 4.42. The summed E-state index contributed by atoms with van der Waals surface area (Å²) in [5, 5.41) is 15.3. The molecule has 0 aliphatic carbocycles. The number of nitrogens with zero attached hydrogens (tertiary/aromatic N) is 7. The van der Waals surface area contributed by atoms with Crippen LogP contribution in [-0.4, -0.2) is 60.7 Å². The number of rotatable bonds is 5. The first kappa shape index (κ1) is 26.3. The topological polar surface area (TPSA) is 93.8 Å². The highest BCUT2D eigenvalue weighted by Gasteiger charge is 2.32. The minimum atomic E-state index is -4.56. The molecule has 0 bridgehead atoms. The molecular weight excluding hydrogens is 509 g/mol. The van der Waals surface area contributed by atoms with Crippen molar-refractivity contribution in [2.24, 2.45) is 7.05 Å². The Kier molecular flexibility index (Phi) is 6.81. The number of anilines is 1. The van der Waals surface area contributed by atoms with E-state index in [1.54, 1.807) is 36.1 Å². The van der Waals surface area contributed by atoms with Gasteiger partial charge in [-0.05, 0) is 62.7 Å². The fraction of sp³-hybridized carbons (Fsp3) is 0.296. The molecule has 12 heteroatoms. The molecule has 0 unspecified atom stereocenters. The first-order chi connectivity index (χ1) is 18.5. The van der Waals surface area contributed by atoms with Gasteiger partial charge in [-0.25, -0.2) is 4.68 Å². The molecule has 1 aliphatic rings. The van der Waals surface area contributed by atoms with Crippen molar-refractivity contribution in [1.82, 2.24) is 34.7 Å². The second-order valence-electron chi connectivity index (χ2n) is 9.64. The summed E-state index contributed by atoms with van der Waals surface area (Å²) >= 11 is 0. The van der Waals surface area contributed by atoms with Gasteiger partial charge < -0.3 is 10.2 Å². The average molecular weight is 537 g/mol. The van der Waals surface area contributed by atoms with Crippen LogP contribution >= 0.6 is 0 Å². The molecule has 0 saturated heterocycles. The van der Waals surface area contributed by atoms with Crippen molar-refractivity contribution in [1.29, 1.82) is 0 Å². The van der Waals surface area contributed by atoms with Gasteiger partial charge in [0, 0.05) is 43.3 Å². The lowest BCUT2D eigenvalue weighted by molar-refractivity contribution is -0.137. The number of hydrogen-bond acceptors (Lipinski definition) is 6. The number of amides is 1. The fourth-order valence-corrected chi connectivity index (χ4v) is 4.42. The second-order valence-corrected chi connectivity index (χ2v) is 9.64. The molecule has 3 aromatic heterocycles. The van der Waals surface area contributed by atoms with Gasteiger partial charge in [-0.15, -0.1) is 5.10 Å². The predicted octanol–water partition coefficient (Wildman–Crippen LogP) is 4.67. The molecule has 5 rings (SSSR count). The number of carbonyl (C=O) groups is 1. The number of likely N-dealkylation sites (N-methyl/N-ethyl adjacent to an activating group) is 1. The van der Waals surface area contributed by atoms with Gasteiger partial charge in [0.25, 0.3) is 5.91 Å². The molecule has 0 saturated carbocycles. The van der Waals surface area contributed by atoms with E-state index in [1.807, 2.05) is 27.1 Å². The van der Waals surface area contributed by atoms with Gasteiger partial charge in [-0.2, -0.15) is 18.3 Å². The van der Waals surface area contributed by atoms with E-state index in [2.05, 4.69) is 30.6 Å². The van der Waals surface area contributed by atoms with E-state index in [0.717, 1.165) is 35.5 Å². The van der Waals surface area contributed by atoms with E-state index in [1.165, 1.54) is 10.9 Å². The maximum absolute atomic E-state index is 13.7. The summed E-state index contributed by atoms with van der Waals surface area (Å²) in [6.45, 7) is 5.07. The minimum Gasteiger partial charge on any atom is -0.322 e. The molecule has 0 atom stereocenters. The summed E-state index contributed by atoms with van der Waals surface area (Å²) < 4.78 is 44.3. The molecule has 0 spiro atoms. The van der Waals surface area contributed by atoms with Gasteiger partial charge in [0.2, 0.25) is 0 Å². The van der Waals surface area contributed by atoms with E-state index in [-0.39, 0.29) is 11.3 Å². The Morgan fingerprint density at radius 1 is 1.08 bits per heavy atom. The third-order valence-electron chi connectivity index (χ3n) is 6.88. The first-order valence-electron chi connectivity index (χ1n) is 12.3. The Hall–Kier alpha value is -4.32. The van der Waals surface area contributed by atoms with Crippen LogP contribution in [0.25, 0.3) is 22.5 Å². The van der Waals surface area contributed by atoms with Gasteiger partial charge in [0.05, 0.1) is 34.9 Å². The van der Waals surface area contributed by atoms with Gasteiger partial charge in [0.1, 0.15) is 5.69 Å². The lowest BCUT2D eigenvalue weighted by Crippen LogP contribution is -2.23. The Morgan fingerprint density at radius 3 is 2.54 bits per heavy atom. The highest BCUT2D eigenvalue weighted by molar-refractivity contribution is 6.04. The van der Waals surface area contributed by atoms with Crippen molar-refractivity contribution in [2.75, 3.05) is 25.5 Å². The van der Waals surface area contributed by atoms with Crippen LogP contribution in [0.5, 0.6) is 0 Å². The molecule has 202 valence electrons. The SMILES string of the molecule is Cc1ncc(C(=O)Nc2cc(C3=CCN(C)CC3)cc(C(F)(F)F)c2)cc1-n1cc(-c2cnn(C)c2C)nn1. The zero-order valence-electron chi connectivity index (χ0n) is 21.9. The van der Waals surface area contributed by atoms with Crippen LogP contribution in [0.3, 0.4) is 0 Å². The van der Waals surface area contributed by atoms with Gasteiger partial charge in [-0.3, -0.25) is 14.5 Å². The number of nitrogens with one attached hydrogen (secondary N) is 1. The van der Waals surface area contributed by atoms with Gasteiger partial charge >= 0.3 is 6.18 Å². The summed E-state index contributed by atoms with van der Waals surface area (Å²) in [4.78, 5) is 19.6. The lowest BCUT2D eigenvalue weighted by Gasteiger charge is -2.23. The number of carbonyl (C=O) groups excluding carboxylic acids is 1. The predicted molar refractivity (Wildman–Crippen MR) is 140 cm³/mol. The Balaban J connectivity index is 1.44. The van der Waals surface area contributed by atoms with E-state index in [9.17, 15) is 18.0 Å². The average Bonchev–Trinajstić information content (AvgIpc) is 3.50. The number of pyridine rings is 1. The Morgan fingerprint density at radius 2 is 1.87 bits per heavy atom. The second kappa shape index (κ2) is 10.1. The summed E-state index contributed by atoms with van der Waals surface area (Å²) in [6, 6.07) is 5.23. The van der Waals surface area contributed by atoms with Crippen LogP contribution in [0.1, 0.15) is 39.3 Å². The van der Waals surface area contributed by atoms with Crippen LogP contribution in [0.2, 0.25) is 0 Å². The van der Waals surface area contributed by atoms with Crippen molar-refractivity contribution in [3.05, 3.63) is 77.0 Å². The number of aromatic nitrogens is 6. The molecule has 1 aromatic carbocycles. The normalized spacial score (nSPS) is 14.4. The lowest BCUT2D eigenvalue weighted by atomic mass is 9.97. The maximum Gasteiger partial charge on any atom is 0.416 e. The van der Waals surface area contributed by atoms with Crippen molar-refractivity contribution in [2.45, 2.75) is 26.4 Å². The zero-order chi connectivity index (χ0) is 27.9. The Bertz CT molecular complexity index is 1580. The smallest absolute Gasteiger partial charge is 0.322 e. The molecular formula is C27H27F3N8O. The molecule has 1 amide bonds. The molecule has 1 N–H and O–H groups in total. The van der Waals surface area contributed by atoms with Crippen molar-refractivity contribution in [3.63, 3.8) is 0 Å².